The van der Waals surface area contributed by atoms with Gasteiger partial charge in [-0.05, 0) is 71.0 Å². The molecular weight excluding hydrogens is 346 g/mol. The van der Waals surface area contributed by atoms with Crippen molar-refractivity contribution in [2.24, 2.45) is 0 Å². The molecule has 1 aromatic carbocycles. The number of halogens is 1. The summed E-state index contributed by atoms with van der Waals surface area (Å²) in [6, 6.07) is 5.10. The van der Waals surface area contributed by atoms with Crippen molar-refractivity contribution in [3.05, 3.63) is 41.2 Å². The first-order valence-corrected chi connectivity index (χ1v) is 9.47. The Balaban J connectivity index is 2.11. The highest BCUT2D eigenvalue weighted by Gasteiger charge is 2.51. The molecule has 1 atom stereocenters. The van der Waals surface area contributed by atoms with Crippen molar-refractivity contribution >= 4 is 18.6 Å². The summed E-state index contributed by atoms with van der Waals surface area (Å²) in [6.45, 7) is 13.6. The lowest BCUT2D eigenvalue weighted by atomic mass is 9.78. The van der Waals surface area contributed by atoms with Gasteiger partial charge in [0.1, 0.15) is 5.82 Å². The second-order valence-electron chi connectivity index (χ2n) is 8.11. The summed E-state index contributed by atoms with van der Waals surface area (Å²) in [5.74, 6) is -0.695. The number of ether oxygens (including phenoxy) is 1. The first kappa shape index (κ1) is 21.6. The number of hydrogen-bond acceptors (Lipinski definition) is 4. The van der Waals surface area contributed by atoms with Crippen molar-refractivity contribution in [1.82, 2.24) is 0 Å². The second kappa shape index (κ2) is 8.15. The highest BCUT2D eigenvalue weighted by molar-refractivity contribution is 6.62. The highest BCUT2D eigenvalue weighted by Crippen LogP contribution is 2.36. The minimum Gasteiger partial charge on any atom is -0.463 e. The smallest absolute Gasteiger partial charge is 0.463 e. The van der Waals surface area contributed by atoms with Gasteiger partial charge in [-0.15, -0.1) is 0 Å². The van der Waals surface area contributed by atoms with Crippen LogP contribution in [0.3, 0.4) is 0 Å². The zero-order valence-electron chi connectivity index (χ0n) is 17.4. The van der Waals surface area contributed by atoms with E-state index in [0.717, 1.165) is 0 Å². The molecule has 0 amide bonds. The molecule has 0 aliphatic carbocycles. The van der Waals surface area contributed by atoms with E-state index in [0.29, 0.717) is 29.6 Å². The Morgan fingerprint density at radius 1 is 1.26 bits per heavy atom. The number of rotatable bonds is 6. The summed E-state index contributed by atoms with van der Waals surface area (Å²) < 4.78 is 31.6. The molecule has 148 valence electrons. The zero-order chi connectivity index (χ0) is 20.4. The van der Waals surface area contributed by atoms with Gasteiger partial charge >= 0.3 is 13.1 Å². The molecule has 0 radical (unpaired) electrons. The van der Waals surface area contributed by atoms with E-state index in [1.165, 1.54) is 6.07 Å². The van der Waals surface area contributed by atoms with Gasteiger partial charge in [0.2, 0.25) is 0 Å². The van der Waals surface area contributed by atoms with Gasteiger partial charge < -0.3 is 14.0 Å². The third-order valence-electron chi connectivity index (χ3n) is 5.46. The van der Waals surface area contributed by atoms with E-state index < -0.39 is 18.3 Å². The molecule has 27 heavy (non-hydrogen) atoms. The number of allylic oxidation sites excluding steroid dienone is 1. The normalized spacial score (nSPS) is 19.9. The van der Waals surface area contributed by atoms with Crippen LogP contribution in [0.15, 0.2) is 29.8 Å². The monoisotopic (exact) mass is 376 g/mol. The van der Waals surface area contributed by atoms with Crippen LogP contribution in [0, 0.1) is 5.82 Å². The Morgan fingerprint density at radius 3 is 2.37 bits per heavy atom. The molecule has 0 spiro atoms. The van der Waals surface area contributed by atoms with Gasteiger partial charge in [-0.25, -0.2) is 9.18 Å². The Bertz CT molecular complexity index is 711. The van der Waals surface area contributed by atoms with Gasteiger partial charge in [-0.2, -0.15) is 0 Å². The summed E-state index contributed by atoms with van der Waals surface area (Å²) in [5.41, 5.74) is 0.881. The van der Waals surface area contributed by atoms with Gasteiger partial charge in [0.05, 0.1) is 17.8 Å². The molecule has 0 N–H and O–H groups in total. The fourth-order valence-corrected chi connectivity index (χ4v) is 2.88. The van der Waals surface area contributed by atoms with Crippen LogP contribution in [0.2, 0.25) is 0 Å². The Hall–Kier alpha value is -1.66. The van der Waals surface area contributed by atoms with Crippen LogP contribution in [0.5, 0.6) is 0 Å². The van der Waals surface area contributed by atoms with E-state index in [9.17, 15) is 9.18 Å². The molecule has 1 fully saturated rings. The van der Waals surface area contributed by atoms with Crippen LogP contribution in [0.4, 0.5) is 4.39 Å². The molecule has 0 saturated carbocycles. The summed E-state index contributed by atoms with van der Waals surface area (Å²) in [7, 11) is -0.584. The zero-order valence-corrected chi connectivity index (χ0v) is 17.4. The second-order valence-corrected chi connectivity index (χ2v) is 8.11. The average molecular weight is 376 g/mol. The molecule has 0 bridgehead atoms. The minimum atomic E-state index is -0.584. The molecule has 0 aromatic heterocycles. The number of benzene rings is 1. The molecule has 1 unspecified atom stereocenters. The summed E-state index contributed by atoms with van der Waals surface area (Å²) in [6.07, 6.45) is 2.35. The Kier molecular flexibility index (Phi) is 6.53. The quantitative estimate of drug-likeness (QED) is 0.426. The van der Waals surface area contributed by atoms with Crippen molar-refractivity contribution in [3.63, 3.8) is 0 Å². The largest absolute Gasteiger partial charge is 0.494 e. The topological polar surface area (TPSA) is 44.8 Å². The van der Waals surface area contributed by atoms with E-state index in [1.807, 2.05) is 40.7 Å². The van der Waals surface area contributed by atoms with Crippen LogP contribution in [-0.4, -0.2) is 30.9 Å². The van der Waals surface area contributed by atoms with Gasteiger partial charge in [0.15, 0.2) is 0 Å². The van der Waals surface area contributed by atoms with Crippen molar-refractivity contribution in [2.45, 2.75) is 72.0 Å². The van der Waals surface area contributed by atoms with E-state index in [-0.39, 0.29) is 17.7 Å². The average Bonchev–Trinajstić information content (AvgIpc) is 2.80. The Labute approximate surface area is 162 Å². The van der Waals surface area contributed by atoms with Crippen LogP contribution < -0.4 is 5.46 Å². The lowest BCUT2D eigenvalue weighted by molar-refractivity contribution is -0.138. The van der Waals surface area contributed by atoms with Crippen LogP contribution in [-0.2, 0) is 18.8 Å². The van der Waals surface area contributed by atoms with Crippen LogP contribution in [0.1, 0.15) is 66.4 Å². The van der Waals surface area contributed by atoms with Gasteiger partial charge in [-0.1, -0.05) is 25.1 Å². The highest BCUT2D eigenvalue weighted by atomic mass is 19.1. The summed E-state index contributed by atoms with van der Waals surface area (Å²) in [4.78, 5) is 11.7. The first-order chi connectivity index (χ1) is 12.5. The predicted molar refractivity (Wildman–Crippen MR) is 106 cm³/mol. The molecule has 1 heterocycles. The standard InChI is InChI=1S/C21H30BFO4/c1-8-25-19(24)15(3)10-9-14(2)17-12-11-16(13-18(17)23)22-26-20(4,5)21(6,7)27-22/h10-14H,8-9H2,1-7H3/b15-10+. The van der Waals surface area contributed by atoms with E-state index in [1.54, 1.807) is 26.0 Å². The van der Waals surface area contributed by atoms with Crippen molar-refractivity contribution in [2.75, 3.05) is 6.61 Å². The minimum absolute atomic E-state index is 0.0678. The number of esters is 1. The van der Waals surface area contributed by atoms with Gasteiger partial charge in [-0.3, -0.25) is 0 Å². The van der Waals surface area contributed by atoms with E-state index in [4.69, 9.17) is 14.0 Å². The fraction of sp³-hybridized carbons (Fsp3) is 0.571. The molecule has 6 heteroatoms. The van der Waals surface area contributed by atoms with Crippen LogP contribution >= 0.6 is 0 Å². The van der Waals surface area contributed by atoms with Crippen molar-refractivity contribution < 1.29 is 23.2 Å². The maximum absolute atomic E-state index is 14.7. The third kappa shape index (κ3) is 4.80. The molecule has 4 nitrogen and oxygen atoms in total. The maximum atomic E-state index is 14.7. The third-order valence-corrected chi connectivity index (χ3v) is 5.46. The molecular formula is C21H30BFO4. The lowest BCUT2D eigenvalue weighted by Crippen LogP contribution is -2.41. The molecule has 1 saturated heterocycles. The summed E-state index contributed by atoms with van der Waals surface area (Å²) in [5, 5.41) is 0. The van der Waals surface area contributed by atoms with Crippen molar-refractivity contribution in [1.29, 1.82) is 0 Å². The Morgan fingerprint density at radius 2 is 1.85 bits per heavy atom. The van der Waals surface area contributed by atoms with Gasteiger partial charge in [0, 0.05) is 5.57 Å². The lowest BCUT2D eigenvalue weighted by Gasteiger charge is -2.32. The van der Waals surface area contributed by atoms with Crippen LogP contribution in [0.25, 0.3) is 0 Å². The van der Waals surface area contributed by atoms with E-state index in [2.05, 4.69) is 0 Å². The fourth-order valence-electron chi connectivity index (χ4n) is 2.88. The SMILES string of the molecule is CCOC(=O)/C(C)=C/CC(C)c1ccc(B2OC(C)(C)C(C)(C)O2)cc1F. The molecule has 1 aromatic rings. The van der Waals surface area contributed by atoms with Crippen molar-refractivity contribution in [3.8, 4) is 0 Å². The van der Waals surface area contributed by atoms with E-state index >= 15 is 0 Å². The summed E-state index contributed by atoms with van der Waals surface area (Å²) >= 11 is 0. The molecule has 1 aliphatic heterocycles. The predicted octanol–water partition coefficient (Wildman–Crippen LogP) is 4.13. The number of carbonyl (C=O) groups excluding carboxylic acids is 1. The number of hydrogen-bond donors (Lipinski definition) is 0. The number of carbonyl (C=O) groups is 1. The molecule has 2 rings (SSSR count). The van der Waals surface area contributed by atoms with Gasteiger partial charge in [0.25, 0.3) is 0 Å². The molecule has 1 aliphatic rings. The first-order valence-electron chi connectivity index (χ1n) is 9.47. The maximum Gasteiger partial charge on any atom is 0.494 e.